The summed E-state index contributed by atoms with van der Waals surface area (Å²) in [5.74, 6) is 3.42. The van der Waals surface area contributed by atoms with Crippen LogP contribution in [0, 0.1) is 17.3 Å². The van der Waals surface area contributed by atoms with Gasteiger partial charge in [-0.2, -0.15) is 0 Å². The largest absolute Gasteiger partial charge is 0.496 e. The molecule has 0 aromatic heterocycles. The molecule has 156 valence electrons. The second-order valence-electron chi connectivity index (χ2n) is 10.2. The molecule has 2 fully saturated rings. The Kier molecular flexibility index (Phi) is 4.70. The topological polar surface area (TPSA) is 18.5 Å². The molecule has 0 unspecified atom stereocenters. The number of hydrogen-bond donors (Lipinski definition) is 0. The van der Waals surface area contributed by atoms with Gasteiger partial charge in [0.25, 0.3) is 0 Å². The average molecular weight is 393 g/mol. The molecule has 1 aromatic carbocycles. The third-order valence-electron chi connectivity index (χ3n) is 9.13. The maximum atomic E-state index is 5.96. The van der Waals surface area contributed by atoms with Crippen molar-refractivity contribution in [3.05, 3.63) is 45.5 Å². The van der Waals surface area contributed by atoms with Gasteiger partial charge in [-0.15, -0.1) is 0 Å². The highest BCUT2D eigenvalue weighted by Gasteiger charge is 2.55. The molecule has 0 heterocycles. The Hall–Kier alpha value is -1.54. The van der Waals surface area contributed by atoms with Crippen LogP contribution in [0.25, 0.3) is 6.08 Å². The zero-order valence-corrected chi connectivity index (χ0v) is 18.8. The maximum absolute atomic E-state index is 5.96. The molecular formula is C27H36O2. The standard InChI is InChI=1S/C27H36O2/c1-16-6-8-20-22(14-17(16)2)24(28-4)15-18-7-9-19-21(26(18)20)12-13-27(3)23(19)10-11-25(27)29-5/h6,14-15,19,21,23,25H,7-13H2,1-5H3/t19-,21+,23+,25+,27+/m1/s1. The Morgan fingerprint density at radius 2 is 1.86 bits per heavy atom. The predicted octanol–water partition coefficient (Wildman–Crippen LogP) is 6.47. The highest BCUT2D eigenvalue weighted by atomic mass is 16.5. The molecule has 2 nitrogen and oxygen atoms in total. The Morgan fingerprint density at radius 3 is 2.62 bits per heavy atom. The van der Waals surface area contributed by atoms with E-state index in [0.29, 0.717) is 17.4 Å². The lowest BCUT2D eigenvalue weighted by atomic mass is 9.54. The zero-order chi connectivity index (χ0) is 20.3. The molecule has 0 radical (unpaired) electrons. The lowest BCUT2D eigenvalue weighted by Crippen LogP contribution is -2.44. The van der Waals surface area contributed by atoms with Gasteiger partial charge >= 0.3 is 0 Å². The highest BCUT2D eigenvalue weighted by molar-refractivity contribution is 5.71. The number of fused-ring (bicyclic) bond motifs is 7. The van der Waals surface area contributed by atoms with Crippen LogP contribution in [0.15, 0.2) is 23.3 Å². The molecule has 0 amide bonds. The van der Waals surface area contributed by atoms with E-state index in [2.05, 4.69) is 39.0 Å². The van der Waals surface area contributed by atoms with E-state index in [1.807, 2.05) is 14.2 Å². The third kappa shape index (κ3) is 2.78. The minimum absolute atomic E-state index is 0.379. The number of benzene rings is 1. The Morgan fingerprint density at radius 1 is 1.03 bits per heavy atom. The van der Waals surface area contributed by atoms with Crippen LogP contribution in [0.5, 0.6) is 5.75 Å². The van der Waals surface area contributed by atoms with Gasteiger partial charge in [0.15, 0.2) is 0 Å². The quantitative estimate of drug-likeness (QED) is 0.574. The fraction of sp³-hybridized carbons (Fsp3) is 0.630. The van der Waals surface area contributed by atoms with E-state index in [1.165, 1.54) is 55.2 Å². The van der Waals surface area contributed by atoms with Crippen molar-refractivity contribution in [2.75, 3.05) is 14.2 Å². The summed E-state index contributed by atoms with van der Waals surface area (Å²) in [5, 5.41) is 0. The molecule has 29 heavy (non-hydrogen) atoms. The van der Waals surface area contributed by atoms with Gasteiger partial charge in [0, 0.05) is 12.7 Å². The predicted molar refractivity (Wildman–Crippen MR) is 120 cm³/mol. The molecule has 2 saturated carbocycles. The molecule has 0 aliphatic heterocycles. The average Bonchev–Trinajstić information content (AvgIpc) is 2.99. The van der Waals surface area contributed by atoms with Gasteiger partial charge in [-0.1, -0.05) is 18.6 Å². The van der Waals surface area contributed by atoms with E-state index < -0.39 is 0 Å². The van der Waals surface area contributed by atoms with Crippen molar-refractivity contribution >= 4 is 6.08 Å². The fourth-order valence-electron chi connectivity index (χ4n) is 7.47. The molecule has 2 heteroatoms. The number of hydrogen-bond acceptors (Lipinski definition) is 2. The normalized spacial score (nSPS) is 35.5. The van der Waals surface area contributed by atoms with Gasteiger partial charge in [-0.25, -0.2) is 0 Å². The molecule has 4 aliphatic carbocycles. The third-order valence-corrected chi connectivity index (χ3v) is 9.13. The number of ether oxygens (including phenoxy) is 2. The van der Waals surface area contributed by atoms with Crippen molar-refractivity contribution in [2.24, 2.45) is 17.3 Å². The Bertz CT molecular complexity index is 892. The fourth-order valence-corrected chi connectivity index (χ4v) is 7.47. The smallest absolute Gasteiger partial charge is 0.126 e. The Balaban J connectivity index is 1.62. The van der Waals surface area contributed by atoms with Crippen molar-refractivity contribution < 1.29 is 9.47 Å². The van der Waals surface area contributed by atoms with Crippen molar-refractivity contribution in [3.8, 4) is 5.75 Å². The van der Waals surface area contributed by atoms with Crippen molar-refractivity contribution in [3.63, 3.8) is 0 Å². The van der Waals surface area contributed by atoms with Crippen LogP contribution in [-0.4, -0.2) is 20.3 Å². The number of aryl methyl sites for hydroxylation is 1. The molecule has 4 aliphatic rings. The highest BCUT2D eigenvalue weighted by Crippen LogP contribution is 2.62. The first-order valence-corrected chi connectivity index (χ1v) is 11.6. The maximum Gasteiger partial charge on any atom is 0.126 e. The number of methoxy groups -OCH3 is 2. The van der Waals surface area contributed by atoms with Crippen LogP contribution in [-0.2, 0) is 17.6 Å². The summed E-state index contributed by atoms with van der Waals surface area (Å²) in [6, 6.07) is 2.37. The zero-order valence-electron chi connectivity index (χ0n) is 18.8. The molecule has 1 aromatic rings. The van der Waals surface area contributed by atoms with Crippen molar-refractivity contribution in [1.29, 1.82) is 0 Å². The summed E-state index contributed by atoms with van der Waals surface area (Å²) in [6.07, 6.45) is 14.1. The van der Waals surface area contributed by atoms with E-state index in [4.69, 9.17) is 9.47 Å². The van der Waals surface area contributed by atoms with Gasteiger partial charge in [-0.3, -0.25) is 0 Å². The molecule has 0 spiro atoms. The lowest BCUT2D eigenvalue weighted by molar-refractivity contribution is -0.0444. The van der Waals surface area contributed by atoms with E-state index in [9.17, 15) is 0 Å². The van der Waals surface area contributed by atoms with Crippen LogP contribution in [0.4, 0.5) is 0 Å². The second-order valence-corrected chi connectivity index (χ2v) is 10.2. The van der Waals surface area contributed by atoms with E-state index >= 15 is 0 Å². The van der Waals surface area contributed by atoms with Crippen LogP contribution in [0.3, 0.4) is 0 Å². The van der Waals surface area contributed by atoms with Gasteiger partial charge in [0.1, 0.15) is 5.75 Å². The van der Waals surface area contributed by atoms with Crippen LogP contribution >= 0.6 is 0 Å². The lowest BCUT2D eigenvalue weighted by Gasteiger charge is -2.51. The van der Waals surface area contributed by atoms with Gasteiger partial charge in [0.2, 0.25) is 0 Å². The molecule has 5 atom stereocenters. The van der Waals surface area contributed by atoms with Crippen LogP contribution in [0.1, 0.15) is 81.0 Å². The summed E-state index contributed by atoms with van der Waals surface area (Å²) < 4.78 is 11.8. The molecular weight excluding hydrogens is 356 g/mol. The van der Waals surface area contributed by atoms with Crippen molar-refractivity contribution in [1.82, 2.24) is 0 Å². The summed E-state index contributed by atoms with van der Waals surface area (Å²) >= 11 is 0. The monoisotopic (exact) mass is 392 g/mol. The second kappa shape index (κ2) is 7.01. The van der Waals surface area contributed by atoms with Gasteiger partial charge < -0.3 is 9.47 Å². The SMILES string of the molecule is COc1cc2c(c3c1C=C(C)C(C)=CC3)[C@H]1CC[C@]3(C)[C@@H](OC)CC[C@H]3[C@@H]1CC2. The van der Waals surface area contributed by atoms with Gasteiger partial charge in [0.05, 0.1) is 13.2 Å². The van der Waals surface area contributed by atoms with Crippen LogP contribution < -0.4 is 4.74 Å². The number of rotatable bonds is 2. The summed E-state index contributed by atoms with van der Waals surface area (Å²) in [5.41, 5.74) is 9.29. The van der Waals surface area contributed by atoms with Gasteiger partial charge in [-0.05, 0) is 116 Å². The molecule has 0 N–H and O–H groups in total. The van der Waals surface area contributed by atoms with E-state index in [1.54, 1.807) is 16.7 Å². The first kappa shape index (κ1) is 19.4. The number of allylic oxidation sites excluding steroid dienone is 3. The Labute approximate surface area is 176 Å². The summed E-state index contributed by atoms with van der Waals surface area (Å²) in [7, 11) is 3.76. The molecule has 5 rings (SSSR count). The van der Waals surface area contributed by atoms with Crippen LogP contribution in [0.2, 0.25) is 0 Å². The molecule has 0 saturated heterocycles. The minimum Gasteiger partial charge on any atom is -0.496 e. The van der Waals surface area contributed by atoms with E-state index in [0.717, 1.165) is 24.0 Å². The minimum atomic E-state index is 0.379. The first-order chi connectivity index (χ1) is 14.0. The first-order valence-electron chi connectivity index (χ1n) is 11.6. The molecule has 0 bridgehead atoms. The summed E-state index contributed by atoms with van der Waals surface area (Å²) in [4.78, 5) is 0. The van der Waals surface area contributed by atoms with Crippen molar-refractivity contribution in [2.45, 2.75) is 77.7 Å². The van der Waals surface area contributed by atoms with E-state index in [-0.39, 0.29) is 0 Å². The summed E-state index contributed by atoms with van der Waals surface area (Å²) in [6.45, 7) is 7.00.